The van der Waals surface area contributed by atoms with Gasteiger partial charge in [0.2, 0.25) is 0 Å². The first-order valence-corrected chi connectivity index (χ1v) is 7.18. The van der Waals surface area contributed by atoms with Gasteiger partial charge < -0.3 is 14.8 Å². The molecule has 8 nitrogen and oxygen atoms in total. The fraction of sp³-hybridized carbons (Fsp3) is 0.286. The molecule has 1 aliphatic heterocycles. The molecule has 1 N–H and O–H groups in total. The van der Waals surface area contributed by atoms with E-state index in [9.17, 15) is 32.9 Å². The van der Waals surface area contributed by atoms with Gasteiger partial charge in [-0.3, -0.25) is 10.1 Å². The summed E-state index contributed by atoms with van der Waals surface area (Å²) in [5, 5.41) is 12.3. The van der Waals surface area contributed by atoms with Gasteiger partial charge in [0.25, 0.3) is 11.5 Å². The van der Waals surface area contributed by atoms with Crippen molar-refractivity contribution >= 4 is 34.9 Å². The molecular weight excluding hydrogens is 385 g/mol. The van der Waals surface area contributed by atoms with Crippen LogP contribution in [0, 0.1) is 10.1 Å². The lowest BCUT2D eigenvalue weighted by atomic mass is 10.1. The molecule has 0 amide bonds. The molecule has 0 atom stereocenters. The maximum atomic E-state index is 12.9. The van der Waals surface area contributed by atoms with E-state index in [1.165, 1.54) is 13.8 Å². The van der Waals surface area contributed by atoms with Gasteiger partial charge in [0, 0.05) is 26.1 Å². The van der Waals surface area contributed by atoms with Crippen molar-refractivity contribution in [3.8, 4) is 0 Å². The third-order valence-corrected chi connectivity index (χ3v) is 3.39. The number of esters is 2. The topological polar surface area (TPSA) is 108 Å². The van der Waals surface area contributed by atoms with Gasteiger partial charge in [-0.15, -0.1) is 0 Å². The Labute approximate surface area is 148 Å². The molecule has 26 heavy (non-hydrogen) atoms. The second kappa shape index (κ2) is 6.48. The molecule has 0 bridgehead atoms. The van der Waals surface area contributed by atoms with Gasteiger partial charge in [0.15, 0.2) is 5.57 Å². The van der Waals surface area contributed by atoms with E-state index in [0.29, 0.717) is 18.3 Å². The molecule has 1 heterocycles. The molecule has 0 radical (unpaired) electrons. The van der Waals surface area contributed by atoms with E-state index in [4.69, 9.17) is 21.1 Å². The number of halogens is 4. The zero-order valence-corrected chi connectivity index (χ0v) is 13.9. The number of benzene rings is 1. The highest BCUT2D eigenvalue weighted by Gasteiger charge is 2.39. The minimum Gasteiger partial charge on any atom is -0.419 e. The zero-order valence-electron chi connectivity index (χ0n) is 13.1. The van der Waals surface area contributed by atoms with E-state index in [2.05, 4.69) is 5.32 Å². The number of carbonyl (C=O) groups excluding carboxylic acids is 2. The fourth-order valence-corrected chi connectivity index (χ4v) is 2.24. The summed E-state index contributed by atoms with van der Waals surface area (Å²) in [6.45, 7) is 2.60. The van der Waals surface area contributed by atoms with E-state index < -0.39 is 56.4 Å². The quantitative estimate of drug-likeness (QED) is 0.275. The summed E-state index contributed by atoms with van der Waals surface area (Å²) in [4.78, 5) is 33.6. The van der Waals surface area contributed by atoms with Crippen LogP contribution in [0.25, 0.3) is 0 Å². The van der Waals surface area contributed by atoms with Crippen molar-refractivity contribution in [3.05, 3.63) is 44.6 Å². The van der Waals surface area contributed by atoms with Gasteiger partial charge in [0.05, 0.1) is 15.5 Å². The normalized spacial score (nSPS) is 16.6. The molecule has 1 aliphatic rings. The van der Waals surface area contributed by atoms with Gasteiger partial charge in [-0.2, -0.15) is 13.2 Å². The number of ether oxygens (including phenoxy) is 2. The van der Waals surface area contributed by atoms with Gasteiger partial charge in [-0.1, -0.05) is 11.6 Å². The minimum atomic E-state index is -4.87. The highest BCUT2D eigenvalue weighted by Crippen LogP contribution is 2.40. The Kier molecular flexibility index (Phi) is 4.86. The Morgan fingerprint density at radius 1 is 1.23 bits per heavy atom. The Morgan fingerprint density at radius 2 is 1.77 bits per heavy atom. The Hall–Kier alpha value is -2.82. The molecule has 0 aromatic heterocycles. The molecule has 140 valence electrons. The van der Waals surface area contributed by atoms with Crippen molar-refractivity contribution in [2.75, 3.05) is 5.32 Å². The van der Waals surface area contributed by atoms with Gasteiger partial charge in [0.1, 0.15) is 5.69 Å². The summed E-state index contributed by atoms with van der Waals surface area (Å²) < 4.78 is 48.4. The summed E-state index contributed by atoms with van der Waals surface area (Å²) in [5.74, 6) is -3.72. The van der Waals surface area contributed by atoms with Crippen LogP contribution in [0.1, 0.15) is 19.4 Å². The molecule has 0 saturated carbocycles. The lowest BCUT2D eigenvalue weighted by Gasteiger charge is -2.29. The number of nitrogens with one attached hydrogen (secondary N) is 1. The minimum absolute atomic E-state index is 0.390. The molecule has 12 heteroatoms. The lowest BCUT2D eigenvalue weighted by Crippen LogP contribution is -2.42. The maximum Gasteiger partial charge on any atom is 0.417 e. The Morgan fingerprint density at radius 3 is 2.23 bits per heavy atom. The summed E-state index contributed by atoms with van der Waals surface area (Å²) in [6.07, 6.45) is -4.21. The third kappa shape index (κ3) is 4.04. The Balaban J connectivity index is 2.44. The predicted octanol–water partition coefficient (Wildman–Crippen LogP) is 3.40. The highest BCUT2D eigenvalue weighted by molar-refractivity contribution is 6.31. The van der Waals surface area contributed by atoms with Crippen molar-refractivity contribution in [1.82, 2.24) is 0 Å². The summed E-state index contributed by atoms with van der Waals surface area (Å²) >= 11 is 5.44. The number of nitrogens with zero attached hydrogens (tertiary/aromatic N) is 1. The lowest BCUT2D eigenvalue weighted by molar-refractivity contribution is -0.384. The van der Waals surface area contributed by atoms with Crippen molar-refractivity contribution in [3.63, 3.8) is 0 Å². The number of alkyl halides is 3. The largest absolute Gasteiger partial charge is 0.419 e. The molecule has 0 unspecified atom stereocenters. The van der Waals surface area contributed by atoms with Crippen LogP contribution >= 0.6 is 11.6 Å². The van der Waals surface area contributed by atoms with E-state index in [-0.39, 0.29) is 0 Å². The molecular formula is C14H10ClF3N2O6. The number of anilines is 1. The van der Waals surface area contributed by atoms with Crippen LogP contribution in [0.5, 0.6) is 0 Å². The molecule has 2 rings (SSSR count). The first kappa shape index (κ1) is 19.5. The number of nitro groups is 1. The van der Waals surface area contributed by atoms with Crippen LogP contribution in [-0.4, -0.2) is 22.6 Å². The van der Waals surface area contributed by atoms with Crippen LogP contribution in [-0.2, 0) is 25.2 Å². The van der Waals surface area contributed by atoms with E-state index in [1.54, 1.807) is 0 Å². The predicted molar refractivity (Wildman–Crippen MR) is 81.1 cm³/mol. The molecule has 0 aliphatic carbocycles. The Bertz CT molecular complexity index is 813. The molecule has 1 fully saturated rings. The SMILES string of the molecule is CC1(C)OC(=O)C(=CNc2cc(C(F)(F)F)c(Cl)cc2[N+](=O)[O-])C(=O)O1. The van der Waals surface area contributed by atoms with Gasteiger partial charge in [-0.25, -0.2) is 9.59 Å². The standard InChI is InChI=1S/C14H10ClF3N2O6/c1-13(2)25-11(21)6(12(22)26-13)5-19-9-3-7(14(16,17)18)8(15)4-10(9)20(23)24/h3-5,19H,1-2H3. The zero-order chi connectivity index (χ0) is 19.9. The second-order valence-corrected chi connectivity index (χ2v) is 5.89. The van der Waals surface area contributed by atoms with Crippen LogP contribution in [0.3, 0.4) is 0 Å². The summed E-state index contributed by atoms with van der Waals surface area (Å²) in [5.41, 5.74) is -3.44. The third-order valence-electron chi connectivity index (χ3n) is 3.08. The average molecular weight is 395 g/mol. The first-order valence-electron chi connectivity index (χ1n) is 6.80. The molecule has 1 saturated heterocycles. The number of cyclic esters (lactones) is 2. The van der Waals surface area contributed by atoms with Crippen LogP contribution in [0.2, 0.25) is 5.02 Å². The van der Waals surface area contributed by atoms with Gasteiger partial charge >= 0.3 is 18.1 Å². The van der Waals surface area contributed by atoms with Crippen molar-refractivity contribution in [1.29, 1.82) is 0 Å². The fourth-order valence-electron chi connectivity index (χ4n) is 1.98. The van der Waals surface area contributed by atoms with Crippen molar-refractivity contribution < 1.29 is 37.2 Å². The van der Waals surface area contributed by atoms with E-state index >= 15 is 0 Å². The molecule has 1 aromatic carbocycles. The molecule has 1 aromatic rings. The monoisotopic (exact) mass is 394 g/mol. The van der Waals surface area contributed by atoms with Crippen molar-refractivity contribution in [2.45, 2.75) is 25.8 Å². The number of carbonyl (C=O) groups is 2. The summed E-state index contributed by atoms with van der Waals surface area (Å²) in [7, 11) is 0. The number of rotatable bonds is 3. The maximum absolute atomic E-state index is 12.9. The smallest absolute Gasteiger partial charge is 0.417 e. The van der Waals surface area contributed by atoms with Crippen molar-refractivity contribution in [2.24, 2.45) is 0 Å². The molecule has 0 spiro atoms. The number of hydrogen-bond acceptors (Lipinski definition) is 7. The number of hydrogen-bond donors (Lipinski definition) is 1. The van der Waals surface area contributed by atoms with E-state index in [1.807, 2.05) is 0 Å². The van der Waals surface area contributed by atoms with Crippen LogP contribution < -0.4 is 5.32 Å². The summed E-state index contributed by atoms with van der Waals surface area (Å²) in [6, 6.07) is 0.896. The van der Waals surface area contributed by atoms with Gasteiger partial charge in [-0.05, 0) is 6.07 Å². The first-order chi connectivity index (χ1) is 11.8. The average Bonchev–Trinajstić information content (AvgIpc) is 2.44. The highest BCUT2D eigenvalue weighted by atomic mass is 35.5. The van der Waals surface area contributed by atoms with E-state index in [0.717, 1.165) is 0 Å². The van der Waals surface area contributed by atoms with Crippen LogP contribution in [0.4, 0.5) is 24.5 Å². The van der Waals surface area contributed by atoms with Crippen LogP contribution in [0.15, 0.2) is 23.9 Å². The second-order valence-electron chi connectivity index (χ2n) is 5.49. The number of nitro benzene ring substituents is 1.